The maximum atomic E-state index is 10.3. The molecule has 8 heteroatoms. The minimum atomic E-state index is -0.146. The zero-order chi connectivity index (χ0) is 15.1. The quantitative estimate of drug-likeness (QED) is 0.467. The Balaban J connectivity index is -0.000000308. The monoisotopic (exact) mass is 437 g/mol. The van der Waals surface area contributed by atoms with Crippen LogP contribution in [0.25, 0.3) is 0 Å². The average molecular weight is 439 g/mol. The number of phenols is 2. The molecule has 2 rings (SSSR count). The van der Waals surface area contributed by atoms with Crippen LogP contribution in [-0.4, -0.2) is 30.0 Å². The summed E-state index contributed by atoms with van der Waals surface area (Å²) in [4.78, 5) is 10.3. The molecule has 0 spiro atoms. The van der Waals surface area contributed by atoms with E-state index in [9.17, 15) is 4.79 Å². The van der Waals surface area contributed by atoms with E-state index in [0.29, 0.717) is 21.9 Å². The largest absolute Gasteiger partial charge is 1.00 e. The zero-order valence-corrected chi connectivity index (χ0v) is 17.0. The van der Waals surface area contributed by atoms with Crippen molar-refractivity contribution in [3.05, 3.63) is 56.5 Å². The van der Waals surface area contributed by atoms with Gasteiger partial charge in [0.1, 0.15) is 11.5 Å². The molecule has 2 aromatic rings. The molecule has 0 heterocycles. The van der Waals surface area contributed by atoms with Crippen LogP contribution in [0.3, 0.4) is 0 Å². The van der Waals surface area contributed by atoms with Crippen molar-refractivity contribution in [1.82, 2.24) is 0 Å². The van der Waals surface area contributed by atoms with Crippen LogP contribution >= 0.6 is 31.9 Å². The van der Waals surface area contributed by atoms with Crippen molar-refractivity contribution in [2.75, 3.05) is 0 Å². The molecule has 3 radical (unpaired) electrons. The maximum Gasteiger partial charge on any atom is 1.00 e. The van der Waals surface area contributed by atoms with E-state index in [-0.39, 0.29) is 57.5 Å². The average Bonchev–Trinajstić information content (AvgIpc) is 2.40. The van der Waals surface area contributed by atoms with Gasteiger partial charge in [0.2, 0.25) is 0 Å². The van der Waals surface area contributed by atoms with E-state index >= 15 is 0 Å². The molecule has 0 aliphatic heterocycles. The summed E-state index contributed by atoms with van der Waals surface area (Å²) in [5.74, 6) is 0.126. The van der Waals surface area contributed by atoms with Crippen molar-refractivity contribution in [1.29, 1.82) is 0 Å². The summed E-state index contributed by atoms with van der Waals surface area (Å²) in [5, 5.41) is 26.8. The first-order valence-electron chi connectivity index (χ1n) is 5.51. The van der Waals surface area contributed by atoms with Crippen molar-refractivity contribution in [3.63, 3.8) is 0 Å². The van der Waals surface area contributed by atoms with E-state index in [0.717, 1.165) is 4.47 Å². The fourth-order valence-corrected chi connectivity index (χ4v) is 2.28. The Labute approximate surface area is 171 Å². The van der Waals surface area contributed by atoms with Crippen LogP contribution < -0.4 is 29.6 Å². The van der Waals surface area contributed by atoms with Gasteiger partial charge in [0.05, 0.1) is 12.2 Å². The number of aromatic hydroxyl groups is 2. The topological polar surface area (TPSA) is 77.8 Å². The smallest absolute Gasteiger partial charge is 1.00 e. The molecule has 0 aliphatic carbocycles. The van der Waals surface area contributed by atoms with Gasteiger partial charge < -0.3 is 16.7 Å². The van der Waals surface area contributed by atoms with E-state index in [2.05, 4.69) is 31.9 Å². The first kappa shape index (κ1) is 24.0. The van der Waals surface area contributed by atoms with Gasteiger partial charge >= 0.3 is 29.6 Å². The van der Waals surface area contributed by atoms with Crippen LogP contribution in [0.15, 0.2) is 45.3 Å². The normalized spacial score (nSPS) is 8.68. The molecule has 3 N–H and O–H groups in total. The molecule has 0 saturated carbocycles. The summed E-state index contributed by atoms with van der Waals surface area (Å²) >= 11 is 6.30. The zero-order valence-electron chi connectivity index (χ0n) is 12.8. The van der Waals surface area contributed by atoms with Crippen molar-refractivity contribution in [2.45, 2.75) is 6.61 Å². The fraction of sp³-hybridized carbons (Fsp3) is 0.0714. The second-order valence-corrected chi connectivity index (χ2v) is 5.39. The molecule has 0 amide bonds. The number of hydrogen-bond acceptors (Lipinski definition) is 4. The first-order chi connectivity index (χ1) is 9.51. The summed E-state index contributed by atoms with van der Waals surface area (Å²) in [6.07, 6.45) is 0.611. The van der Waals surface area contributed by atoms with Crippen LogP contribution in [-0.2, 0) is 6.61 Å². The number of halogens is 2. The molecule has 0 saturated heterocycles. The van der Waals surface area contributed by atoms with Crippen LogP contribution in [0.4, 0.5) is 0 Å². The summed E-state index contributed by atoms with van der Waals surface area (Å²) in [5.41, 5.74) is 0.824. The molecule has 0 bridgehead atoms. The predicted molar refractivity (Wildman–Crippen MR) is 89.8 cm³/mol. The van der Waals surface area contributed by atoms with E-state index in [4.69, 9.17) is 15.3 Å². The molecule has 111 valence electrons. The Morgan fingerprint density at radius 2 is 1.50 bits per heavy atom. The third-order valence-corrected chi connectivity index (χ3v) is 3.83. The summed E-state index contributed by atoms with van der Waals surface area (Å²) in [6, 6.07) is 9.84. The number of aliphatic hydroxyl groups is 1. The van der Waals surface area contributed by atoms with E-state index in [1.54, 1.807) is 24.3 Å². The number of carbonyl (C=O) groups excluding carboxylic acids is 1. The predicted octanol–water partition coefficient (Wildman–Crippen LogP) is 0.350. The number of aliphatic hydroxyl groups excluding tert-OH is 1. The van der Waals surface area contributed by atoms with E-state index in [1.807, 2.05) is 0 Å². The molecule has 4 nitrogen and oxygen atoms in total. The molecule has 2 aromatic carbocycles. The third-order valence-electron chi connectivity index (χ3n) is 2.40. The minimum Gasteiger partial charge on any atom is -1.00 e. The Morgan fingerprint density at radius 1 is 1.00 bits per heavy atom. The van der Waals surface area contributed by atoms with Gasteiger partial charge in [-0.1, -0.05) is 28.1 Å². The van der Waals surface area contributed by atoms with Crippen molar-refractivity contribution in [2.24, 2.45) is 0 Å². The standard InChI is InChI=1S/C7H7BrO2.C7H5BrO2.B.Na.H/c2*8-6-2-1-3-7(10)5(6)4-9;;;/h1-3,9-10H,4H2;1-4,10H;;;/q;;;+1;-1. The van der Waals surface area contributed by atoms with Crippen LogP contribution in [0.1, 0.15) is 17.3 Å². The second-order valence-electron chi connectivity index (χ2n) is 3.69. The summed E-state index contributed by atoms with van der Waals surface area (Å²) < 4.78 is 1.34. The van der Waals surface area contributed by atoms with E-state index < -0.39 is 0 Å². The molecular weight excluding hydrogens is 426 g/mol. The first-order valence-corrected chi connectivity index (χ1v) is 7.09. The fourth-order valence-electron chi connectivity index (χ4n) is 1.35. The number of rotatable bonds is 2. The molecule has 0 fully saturated rings. The molecule has 0 aromatic heterocycles. The van der Waals surface area contributed by atoms with Crippen molar-refractivity contribution in [3.8, 4) is 11.5 Å². The number of aldehydes is 1. The number of benzene rings is 2. The third kappa shape index (κ3) is 6.85. The summed E-state index contributed by atoms with van der Waals surface area (Å²) in [7, 11) is 0. The Hall–Kier alpha value is -0.305. The minimum absolute atomic E-state index is 0. The van der Waals surface area contributed by atoms with Gasteiger partial charge in [-0.25, -0.2) is 0 Å². The molecule has 22 heavy (non-hydrogen) atoms. The molecule has 0 aliphatic rings. The van der Waals surface area contributed by atoms with Gasteiger partial charge in [-0.15, -0.1) is 0 Å². The van der Waals surface area contributed by atoms with Gasteiger partial charge in [0.15, 0.2) is 6.29 Å². The van der Waals surface area contributed by atoms with Crippen molar-refractivity contribution >= 4 is 46.6 Å². The van der Waals surface area contributed by atoms with Gasteiger partial charge in [0, 0.05) is 22.9 Å². The Bertz CT molecular complexity index is 577. The Kier molecular flexibility index (Phi) is 13.2. The maximum absolute atomic E-state index is 10.3. The number of phenolic OH excluding ortho intramolecular Hbond substituents is 1. The van der Waals surface area contributed by atoms with Gasteiger partial charge in [-0.3, -0.25) is 4.79 Å². The summed E-state index contributed by atoms with van der Waals surface area (Å²) in [6.45, 7) is -0.146. The Morgan fingerprint density at radius 3 is 1.82 bits per heavy atom. The van der Waals surface area contributed by atoms with Crippen LogP contribution in [0.2, 0.25) is 0 Å². The SMILES string of the molecule is O=Cc1c(O)cccc1Br.OCc1c(O)cccc1Br.[B].[H-].[Na+]. The second kappa shape index (κ2) is 12.2. The van der Waals surface area contributed by atoms with Crippen LogP contribution in [0, 0.1) is 0 Å². The number of hydrogen-bond donors (Lipinski definition) is 3. The molecular formula is C14H13BBr2NaO4. The van der Waals surface area contributed by atoms with Crippen LogP contribution in [0.5, 0.6) is 11.5 Å². The van der Waals surface area contributed by atoms with Gasteiger partial charge in [0.25, 0.3) is 0 Å². The van der Waals surface area contributed by atoms with Gasteiger partial charge in [-0.05, 0) is 40.2 Å². The molecule has 0 atom stereocenters. The molecule has 0 unspecified atom stereocenters. The number of carbonyl (C=O) groups is 1. The van der Waals surface area contributed by atoms with Gasteiger partial charge in [-0.2, -0.15) is 0 Å². The van der Waals surface area contributed by atoms with Crippen molar-refractivity contribution < 1.29 is 51.1 Å². The van der Waals surface area contributed by atoms with E-state index in [1.165, 1.54) is 12.1 Å².